The van der Waals surface area contributed by atoms with Gasteiger partial charge in [-0.05, 0) is 18.9 Å². The Morgan fingerprint density at radius 2 is 2.33 bits per heavy atom. The Morgan fingerprint density at radius 1 is 1.56 bits per heavy atom. The van der Waals surface area contributed by atoms with Crippen LogP contribution in [0.3, 0.4) is 0 Å². The summed E-state index contributed by atoms with van der Waals surface area (Å²) < 4.78 is 13.0. The van der Waals surface area contributed by atoms with Gasteiger partial charge in [-0.25, -0.2) is 4.39 Å². The van der Waals surface area contributed by atoms with Gasteiger partial charge in [-0.2, -0.15) is 0 Å². The average Bonchev–Trinajstić information content (AvgIpc) is 2.38. The number of hydrogen-bond acceptors (Lipinski definition) is 3. The maximum atomic E-state index is 13.0. The Kier molecular flexibility index (Phi) is 3.86. The first-order valence-corrected chi connectivity index (χ1v) is 6.18. The fraction of sp³-hybridized carbons (Fsp3) is 0.417. The number of amides is 1. The molecule has 1 aromatic heterocycles. The van der Waals surface area contributed by atoms with E-state index in [-0.39, 0.29) is 17.4 Å². The van der Waals surface area contributed by atoms with Gasteiger partial charge in [-0.1, -0.05) is 12.2 Å². The van der Waals surface area contributed by atoms with Crippen LogP contribution in [0.1, 0.15) is 23.2 Å². The summed E-state index contributed by atoms with van der Waals surface area (Å²) in [6.45, 7) is 1.15. The number of nitrogens with zero attached hydrogens (tertiary/aromatic N) is 2. The number of likely N-dealkylation sites (tertiary alicyclic amines) is 1. The third-order valence-electron chi connectivity index (χ3n) is 3.06. The molecule has 1 aromatic rings. The lowest BCUT2D eigenvalue weighted by Crippen LogP contribution is -2.43. The van der Waals surface area contributed by atoms with E-state index in [1.807, 2.05) is 0 Å². The zero-order chi connectivity index (χ0) is 13.1. The van der Waals surface area contributed by atoms with E-state index in [2.05, 4.69) is 4.98 Å². The van der Waals surface area contributed by atoms with E-state index in [0.717, 1.165) is 19.0 Å². The minimum absolute atomic E-state index is 0.0548. The number of aromatic nitrogens is 1. The normalized spacial score (nSPS) is 19.6. The number of halogens is 1. The van der Waals surface area contributed by atoms with Crippen molar-refractivity contribution in [1.82, 2.24) is 9.88 Å². The number of carbonyl (C=O) groups excluding carboxylic acids is 1. The number of rotatable bonds is 2. The van der Waals surface area contributed by atoms with Crippen LogP contribution < -0.4 is 5.73 Å². The van der Waals surface area contributed by atoms with Crippen LogP contribution in [0.4, 0.5) is 4.39 Å². The zero-order valence-electron chi connectivity index (χ0n) is 9.80. The molecule has 0 aromatic carbocycles. The molecule has 0 aliphatic carbocycles. The molecule has 1 saturated heterocycles. The smallest absolute Gasteiger partial charge is 0.255 e. The molecule has 1 aliphatic heterocycles. The Hall–Kier alpha value is -1.56. The molecule has 6 heteroatoms. The second-order valence-electron chi connectivity index (χ2n) is 4.38. The predicted molar refractivity (Wildman–Crippen MR) is 69.6 cm³/mol. The third-order valence-corrected chi connectivity index (χ3v) is 3.40. The Balaban J connectivity index is 2.11. The topological polar surface area (TPSA) is 59.2 Å². The molecule has 4 nitrogen and oxygen atoms in total. The Labute approximate surface area is 110 Å². The summed E-state index contributed by atoms with van der Waals surface area (Å²) in [4.78, 5) is 17.9. The monoisotopic (exact) mass is 267 g/mol. The van der Waals surface area contributed by atoms with E-state index in [1.54, 1.807) is 4.90 Å². The number of piperidine rings is 1. The van der Waals surface area contributed by atoms with Crippen molar-refractivity contribution in [3.63, 3.8) is 0 Å². The highest BCUT2D eigenvalue weighted by Crippen LogP contribution is 2.18. The minimum Gasteiger partial charge on any atom is -0.393 e. The average molecular weight is 267 g/mol. The molecular formula is C12H14FN3OS. The summed E-state index contributed by atoms with van der Waals surface area (Å²) in [5.74, 6) is -0.675. The molecule has 0 radical (unpaired) electrons. The molecule has 18 heavy (non-hydrogen) atoms. The van der Waals surface area contributed by atoms with Crippen LogP contribution in [0, 0.1) is 11.7 Å². The van der Waals surface area contributed by atoms with Crippen LogP contribution in [0.25, 0.3) is 0 Å². The maximum absolute atomic E-state index is 13.0. The molecule has 1 aliphatic rings. The lowest BCUT2D eigenvalue weighted by atomic mass is 9.97. The summed E-state index contributed by atoms with van der Waals surface area (Å²) in [6, 6.07) is 1.19. The van der Waals surface area contributed by atoms with Crippen LogP contribution >= 0.6 is 12.2 Å². The fourth-order valence-electron chi connectivity index (χ4n) is 2.11. The van der Waals surface area contributed by atoms with Gasteiger partial charge in [0.2, 0.25) is 0 Å². The van der Waals surface area contributed by atoms with Crippen molar-refractivity contribution in [2.24, 2.45) is 11.7 Å². The van der Waals surface area contributed by atoms with E-state index in [4.69, 9.17) is 18.0 Å². The van der Waals surface area contributed by atoms with Crippen LogP contribution in [0.15, 0.2) is 18.5 Å². The molecule has 2 N–H and O–H groups in total. The molecule has 0 saturated carbocycles. The summed E-state index contributed by atoms with van der Waals surface area (Å²) in [5, 5.41) is 0. The fourth-order valence-corrected chi connectivity index (χ4v) is 2.30. The van der Waals surface area contributed by atoms with Crippen molar-refractivity contribution in [3.8, 4) is 0 Å². The minimum atomic E-state index is -0.510. The van der Waals surface area contributed by atoms with Gasteiger partial charge in [0, 0.05) is 25.2 Å². The van der Waals surface area contributed by atoms with Gasteiger partial charge in [0.05, 0.1) is 16.7 Å². The molecule has 2 rings (SSSR count). The SMILES string of the molecule is NC(=S)C1CCCN(C(=O)c2cncc(F)c2)C1. The zero-order valence-corrected chi connectivity index (χ0v) is 10.6. The van der Waals surface area contributed by atoms with E-state index < -0.39 is 5.82 Å². The van der Waals surface area contributed by atoms with Crippen molar-refractivity contribution < 1.29 is 9.18 Å². The first-order valence-electron chi connectivity index (χ1n) is 5.77. The molecule has 1 amide bonds. The molecular weight excluding hydrogens is 253 g/mol. The number of carbonyl (C=O) groups is 1. The largest absolute Gasteiger partial charge is 0.393 e. The summed E-state index contributed by atoms with van der Waals surface area (Å²) in [6.07, 6.45) is 4.21. The second kappa shape index (κ2) is 5.39. The summed E-state index contributed by atoms with van der Waals surface area (Å²) in [7, 11) is 0. The van der Waals surface area contributed by atoms with Crippen molar-refractivity contribution >= 4 is 23.1 Å². The summed E-state index contributed by atoms with van der Waals surface area (Å²) >= 11 is 4.96. The molecule has 0 bridgehead atoms. The quantitative estimate of drug-likeness (QED) is 0.822. The van der Waals surface area contributed by atoms with Gasteiger partial charge in [0.15, 0.2) is 0 Å². The first kappa shape index (κ1) is 12.9. The van der Waals surface area contributed by atoms with E-state index >= 15 is 0 Å². The Morgan fingerprint density at radius 3 is 3.00 bits per heavy atom. The van der Waals surface area contributed by atoms with Crippen LogP contribution in [0.5, 0.6) is 0 Å². The van der Waals surface area contributed by atoms with Gasteiger partial charge >= 0.3 is 0 Å². The summed E-state index contributed by atoms with van der Waals surface area (Å²) in [5.41, 5.74) is 5.88. The molecule has 2 heterocycles. The van der Waals surface area contributed by atoms with Gasteiger partial charge < -0.3 is 10.6 Å². The second-order valence-corrected chi connectivity index (χ2v) is 4.86. The third kappa shape index (κ3) is 2.81. The van der Waals surface area contributed by atoms with E-state index in [0.29, 0.717) is 18.1 Å². The van der Waals surface area contributed by atoms with Crippen molar-refractivity contribution in [1.29, 1.82) is 0 Å². The van der Waals surface area contributed by atoms with Crippen molar-refractivity contribution in [3.05, 3.63) is 29.8 Å². The van der Waals surface area contributed by atoms with Crippen LogP contribution in [0.2, 0.25) is 0 Å². The molecule has 1 atom stereocenters. The standard InChI is InChI=1S/C12H14FN3OS/c13-10-4-9(5-15-6-10)12(17)16-3-1-2-8(7-16)11(14)18/h4-6,8H,1-3,7H2,(H2,14,18). The van der Waals surface area contributed by atoms with Crippen LogP contribution in [-0.2, 0) is 0 Å². The van der Waals surface area contributed by atoms with E-state index in [1.165, 1.54) is 12.3 Å². The first-order chi connectivity index (χ1) is 8.58. The lowest BCUT2D eigenvalue weighted by molar-refractivity contribution is 0.0702. The number of thiocarbonyl (C=S) groups is 1. The number of pyridine rings is 1. The lowest BCUT2D eigenvalue weighted by Gasteiger charge is -2.32. The number of hydrogen-bond donors (Lipinski definition) is 1. The molecule has 1 unspecified atom stereocenters. The van der Waals surface area contributed by atoms with Crippen molar-refractivity contribution in [2.75, 3.05) is 13.1 Å². The molecule has 1 fully saturated rings. The van der Waals surface area contributed by atoms with Gasteiger partial charge in [0.25, 0.3) is 5.91 Å². The van der Waals surface area contributed by atoms with Crippen molar-refractivity contribution in [2.45, 2.75) is 12.8 Å². The highest BCUT2D eigenvalue weighted by Gasteiger charge is 2.26. The van der Waals surface area contributed by atoms with Gasteiger partial charge in [-0.3, -0.25) is 9.78 Å². The number of nitrogens with two attached hydrogens (primary N) is 1. The van der Waals surface area contributed by atoms with Gasteiger partial charge in [-0.15, -0.1) is 0 Å². The van der Waals surface area contributed by atoms with Crippen LogP contribution in [-0.4, -0.2) is 33.9 Å². The maximum Gasteiger partial charge on any atom is 0.255 e. The molecule has 96 valence electrons. The highest BCUT2D eigenvalue weighted by molar-refractivity contribution is 7.80. The highest BCUT2D eigenvalue weighted by atomic mass is 32.1. The van der Waals surface area contributed by atoms with E-state index in [9.17, 15) is 9.18 Å². The van der Waals surface area contributed by atoms with Gasteiger partial charge in [0.1, 0.15) is 5.82 Å². The Bertz CT molecular complexity index is 480. The molecule has 0 spiro atoms. The predicted octanol–water partition coefficient (Wildman–Crippen LogP) is 1.36.